The number of likely N-dealkylation sites (tertiary alicyclic amines) is 1. The van der Waals surface area contributed by atoms with E-state index in [-0.39, 0.29) is 6.04 Å². The van der Waals surface area contributed by atoms with Crippen LogP contribution in [0, 0.1) is 0 Å². The molecule has 5 heterocycles. The smallest absolute Gasteiger partial charge is 0.340 e. The topological polar surface area (TPSA) is 70.9 Å². The summed E-state index contributed by atoms with van der Waals surface area (Å²) in [6, 6.07) is 4.16. The van der Waals surface area contributed by atoms with Crippen molar-refractivity contribution in [2.24, 2.45) is 4.99 Å². The molecule has 1 saturated heterocycles. The summed E-state index contributed by atoms with van der Waals surface area (Å²) < 4.78 is 5.30. The van der Waals surface area contributed by atoms with Crippen LogP contribution in [-0.2, 0) is 4.74 Å². The molecular weight excluding hydrogens is 438 g/mol. The minimum Gasteiger partial charge on any atom is -0.462 e. The largest absolute Gasteiger partial charge is 0.462 e. The summed E-state index contributed by atoms with van der Waals surface area (Å²) in [4.78, 5) is 31.3. The lowest BCUT2D eigenvalue weighted by molar-refractivity contribution is 0.0524. The highest BCUT2D eigenvalue weighted by molar-refractivity contribution is 6.36. The molecule has 2 bridgehead atoms. The van der Waals surface area contributed by atoms with E-state index < -0.39 is 5.97 Å². The van der Waals surface area contributed by atoms with Gasteiger partial charge < -0.3 is 9.64 Å². The Balaban J connectivity index is 1.66. The van der Waals surface area contributed by atoms with E-state index in [4.69, 9.17) is 21.3 Å². The third kappa shape index (κ3) is 3.59. The van der Waals surface area contributed by atoms with Gasteiger partial charge in [0, 0.05) is 41.8 Å². The van der Waals surface area contributed by atoms with E-state index in [1.165, 1.54) is 0 Å². The average molecular weight is 466 g/mol. The molecule has 2 aromatic rings. The Bertz CT molecular complexity index is 1180. The minimum atomic E-state index is -0.408. The van der Waals surface area contributed by atoms with Gasteiger partial charge in [-0.15, -0.1) is 0 Å². The standard InChI is InChI=1S/C25H28ClN5O2/c1-5-33-24(32)17-13-28-23-22(26)21(17)20-12-19(16-8-9-27-18(11-16)14(2)3)29-25(31(20)23)30-10-6-7-15(30)4/h8-9,11-15,20H,5-7,10H2,1-4H3. The van der Waals surface area contributed by atoms with Crippen molar-refractivity contribution >= 4 is 35.0 Å². The monoisotopic (exact) mass is 465 g/mol. The molecule has 0 aromatic carbocycles. The van der Waals surface area contributed by atoms with Gasteiger partial charge in [0.05, 0.1) is 28.9 Å². The maximum Gasteiger partial charge on any atom is 0.340 e. The Morgan fingerprint density at radius 2 is 2.15 bits per heavy atom. The van der Waals surface area contributed by atoms with Crippen molar-refractivity contribution in [2.45, 2.75) is 58.5 Å². The molecule has 2 unspecified atom stereocenters. The van der Waals surface area contributed by atoms with E-state index in [2.05, 4.69) is 52.7 Å². The summed E-state index contributed by atoms with van der Waals surface area (Å²) in [5.41, 5.74) is 4.00. The molecule has 8 heteroatoms. The Morgan fingerprint density at radius 3 is 2.85 bits per heavy atom. The number of anilines is 1. The molecule has 33 heavy (non-hydrogen) atoms. The summed E-state index contributed by atoms with van der Waals surface area (Å²) in [7, 11) is 0. The molecule has 2 aromatic heterocycles. The van der Waals surface area contributed by atoms with Crippen LogP contribution in [0.1, 0.15) is 79.7 Å². The first-order valence-electron chi connectivity index (χ1n) is 11.6. The van der Waals surface area contributed by atoms with Gasteiger partial charge in [-0.05, 0) is 50.8 Å². The second-order valence-electron chi connectivity index (χ2n) is 9.03. The molecule has 7 nitrogen and oxygen atoms in total. The van der Waals surface area contributed by atoms with Crippen LogP contribution < -0.4 is 4.90 Å². The highest BCUT2D eigenvalue weighted by atomic mass is 35.5. The van der Waals surface area contributed by atoms with Gasteiger partial charge in [-0.3, -0.25) is 9.88 Å². The van der Waals surface area contributed by atoms with E-state index in [0.717, 1.165) is 47.9 Å². The normalized spacial score (nSPS) is 21.3. The van der Waals surface area contributed by atoms with Crippen LogP contribution in [0.5, 0.6) is 0 Å². The van der Waals surface area contributed by atoms with Gasteiger partial charge in [0.1, 0.15) is 0 Å². The molecule has 0 N–H and O–H groups in total. The number of ether oxygens (including phenoxy) is 1. The van der Waals surface area contributed by atoms with Crippen LogP contribution in [0.4, 0.5) is 5.82 Å². The number of aromatic nitrogens is 2. The second-order valence-corrected chi connectivity index (χ2v) is 9.41. The zero-order valence-electron chi connectivity index (χ0n) is 19.4. The number of nitrogens with zero attached hydrogens (tertiary/aromatic N) is 5. The van der Waals surface area contributed by atoms with Crippen LogP contribution in [-0.4, -0.2) is 46.0 Å². The lowest BCUT2D eigenvalue weighted by atomic mass is 9.99. The first kappa shape index (κ1) is 21.9. The van der Waals surface area contributed by atoms with Gasteiger partial charge in [-0.2, -0.15) is 0 Å². The SMILES string of the molecule is CCOC(=O)c1cnc2c(Cl)c1C1C=C(c3ccnc(C(C)C)c3)N=C(N3CCCC3C)N21. The molecule has 3 aliphatic heterocycles. The third-order valence-electron chi connectivity index (χ3n) is 6.57. The Labute approximate surface area is 199 Å². The molecular formula is C25H28ClN5O2. The number of halogens is 1. The van der Waals surface area contributed by atoms with Gasteiger partial charge in [0.25, 0.3) is 0 Å². The van der Waals surface area contributed by atoms with E-state index in [1.807, 2.05) is 12.3 Å². The van der Waals surface area contributed by atoms with Crippen molar-refractivity contribution in [1.29, 1.82) is 0 Å². The number of rotatable bonds is 4. The maximum atomic E-state index is 12.7. The van der Waals surface area contributed by atoms with Gasteiger partial charge in [0.15, 0.2) is 5.82 Å². The first-order valence-corrected chi connectivity index (χ1v) is 12.0. The van der Waals surface area contributed by atoms with Crippen LogP contribution in [0.2, 0.25) is 5.02 Å². The lowest BCUT2D eigenvalue weighted by Gasteiger charge is -2.37. The van der Waals surface area contributed by atoms with Gasteiger partial charge >= 0.3 is 5.97 Å². The zero-order valence-corrected chi connectivity index (χ0v) is 20.1. The number of fused-ring (bicyclic) bond motifs is 5. The third-order valence-corrected chi connectivity index (χ3v) is 6.94. The van der Waals surface area contributed by atoms with Crippen LogP contribution in [0.25, 0.3) is 5.70 Å². The fraction of sp³-hybridized carbons (Fsp3) is 0.440. The predicted molar refractivity (Wildman–Crippen MR) is 130 cm³/mol. The average Bonchev–Trinajstić information content (AvgIpc) is 3.29. The minimum absolute atomic E-state index is 0.277. The summed E-state index contributed by atoms with van der Waals surface area (Å²) in [5.74, 6) is 1.37. The van der Waals surface area contributed by atoms with Crippen molar-refractivity contribution in [3.63, 3.8) is 0 Å². The first-order chi connectivity index (χ1) is 15.9. The van der Waals surface area contributed by atoms with Crippen LogP contribution in [0.3, 0.4) is 0 Å². The highest BCUT2D eigenvalue weighted by Gasteiger charge is 2.44. The molecule has 3 aliphatic rings. The molecule has 0 aliphatic carbocycles. The van der Waals surface area contributed by atoms with Gasteiger partial charge in [-0.25, -0.2) is 14.8 Å². The number of aliphatic imine (C=N–C) groups is 1. The maximum absolute atomic E-state index is 12.7. The van der Waals surface area contributed by atoms with Crippen molar-refractivity contribution < 1.29 is 9.53 Å². The van der Waals surface area contributed by atoms with Crippen molar-refractivity contribution in [2.75, 3.05) is 18.1 Å². The number of hydrogen-bond acceptors (Lipinski definition) is 7. The Hall–Kier alpha value is -2.93. The fourth-order valence-electron chi connectivity index (χ4n) is 4.82. The molecule has 0 radical (unpaired) electrons. The van der Waals surface area contributed by atoms with E-state index in [9.17, 15) is 4.79 Å². The lowest BCUT2D eigenvalue weighted by Crippen LogP contribution is -2.47. The number of hydrogen-bond donors (Lipinski definition) is 0. The number of guanidine groups is 1. The second kappa shape index (κ2) is 8.45. The van der Waals surface area contributed by atoms with Crippen molar-refractivity contribution in [1.82, 2.24) is 14.9 Å². The Kier molecular flexibility index (Phi) is 5.60. The summed E-state index contributed by atoms with van der Waals surface area (Å²) in [6.07, 6.45) is 7.70. The predicted octanol–water partition coefficient (Wildman–Crippen LogP) is 5.19. The summed E-state index contributed by atoms with van der Waals surface area (Å²) >= 11 is 6.81. The van der Waals surface area contributed by atoms with E-state index in [0.29, 0.717) is 35.0 Å². The molecule has 5 rings (SSSR count). The van der Waals surface area contributed by atoms with Gasteiger partial charge in [0.2, 0.25) is 5.96 Å². The number of carbonyl (C=O) groups excluding carboxylic acids is 1. The molecule has 0 spiro atoms. The van der Waals surface area contributed by atoms with Crippen LogP contribution in [0.15, 0.2) is 35.6 Å². The number of carbonyl (C=O) groups is 1. The summed E-state index contributed by atoms with van der Waals surface area (Å²) in [6.45, 7) is 9.48. The zero-order chi connectivity index (χ0) is 23.3. The van der Waals surface area contributed by atoms with E-state index in [1.54, 1.807) is 13.1 Å². The Morgan fingerprint density at radius 1 is 1.33 bits per heavy atom. The highest BCUT2D eigenvalue weighted by Crippen LogP contribution is 2.49. The number of pyridine rings is 2. The molecule has 0 saturated carbocycles. The number of esters is 1. The molecule has 1 fully saturated rings. The summed E-state index contributed by atoms with van der Waals surface area (Å²) in [5, 5.41) is 0.486. The van der Waals surface area contributed by atoms with E-state index >= 15 is 0 Å². The molecule has 0 amide bonds. The fourth-order valence-corrected chi connectivity index (χ4v) is 5.18. The van der Waals surface area contributed by atoms with Crippen molar-refractivity contribution in [3.8, 4) is 0 Å². The molecule has 2 atom stereocenters. The van der Waals surface area contributed by atoms with Crippen molar-refractivity contribution in [3.05, 3.63) is 58.0 Å². The molecule has 172 valence electrons. The van der Waals surface area contributed by atoms with Crippen LogP contribution >= 0.6 is 11.6 Å². The quantitative estimate of drug-likeness (QED) is 0.579. The van der Waals surface area contributed by atoms with Gasteiger partial charge in [-0.1, -0.05) is 25.4 Å².